The maximum Gasteiger partial charge on any atom is 0.337 e. The topological polar surface area (TPSA) is 102 Å². The third-order valence-electron chi connectivity index (χ3n) is 3.29. The van der Waals surface area contributed by atoms with Gasteiger partial charge in [0.1, 0.15) is 5.54 Å². The van der Waals surface area contributed by atoms with Crippen LogP contribution in [0.25, 0.3) is 0 Å². The molecule has 0 radical (unpaired) electrons. The number of benzene rings is 1. The molecule has 0 spiro atoms. The number of carboxylic acids is 1. The van der Waals surface area contributed by atoms with Crippen LogP contribution in [0.5, 0.6) is 0 Å². The molecule has 7 heteroatoms. The highest BCUT2D eigenvalue weighted by Crippen LogP contribution is 2.24. The number of carbonyl (C=O) groups excluding carboxylic acids is 1. The maximum absolute atomic E-state index is 12.2. The molecule has 0 saturated carbocycles. The van der Waals surface area contributed by atoms with Crippen molar-refractivity contribution >= 4 is 29.2 Å². The molecule has 4 N–H and O–H groups in total. The van der Waals surface area contributed by atoms with Crippen LogP contribution in [0.2, 0.25) is 5.02 Å². The number of aromatic carboxylic acids is 1. The molecular formula is C13H15ClN2O4. The van der Waals surface area contributed by atoms with E-state index in [1.54, 1.807) is 0 Å². The van der Waals surface area contributed by atoms with Gasteiger partial charge in [-0.2, -0.15) is 0 Å². The molecule has 6 nitrogen and oxygen atoms in total. The van der Waals surface area contributed by atoms with E-state index in [0.29, 0.717) is 31.7 Å². The summed E-state index contributed by atoms with van der Waals surface area (Å²) in [6, 6.07) is 4.22. The van der Waals surface area contributed by atoms with Gasteiger partial charge in [-0.1, -0.05) is 11.6 Å². The third kappa shape index (κ3) is 3.09. The molecule has 0 atom stereocenters. The Balaban J connectivity index is 2.12. The lowest BCUT2D eigenvalue weighted by Crippen LogP contribution is -2.54. The third-order valence-corrected chi connectivity index (χ3v) is 3.61. The number of carbonyl (C=O) groups is 2. The Morgan fingerprint density at radius 1 is 1.35 bits per heavy atom. The molecule has 1 aliphatic rings. The molecule has 0 bridgehead atoms. The van der Waals surface area contributed by atoms with Gasteiger partial charge >= 0.3 is 5.97 Å². The number of carboxylic acid groups (broad SMARTS) is 1. The van der Waals surface area contributed by atoms with E-state index >= 15 is 0 Å². The lowest BCUT2D eigenvalue weighted by molar-refractivity contribution is -0.124. The summed E-state index contributed by atoms with van der Waals surface area (Å²) in [6.45, 7) is 0.894. The number of halogens is 1. The van der Waals surface area contributed by atoms with Crippen LogP contribution < -0.4 is 11.1 Å². The minimum absolute atomic E-state index is 0.0156. The number of hydrogen-bond acceptors (Lipinski definition) is 4. The van der Waals surface area contributed by atoms with Gasteiger partial charge in [-0.3, -0.25) is 4.79 Å². The normalized spacial score (nSPS) is 17.5. The van der Waals surface area contributed by atoms with Crippen LogP contribution in [0, 0.1) is 0 Å². The van der Waals surface area contributed by atoms with Crippen molar-refractivity contribution in [3.63, 3.8) is 0 Å². The Hall–Kier alpha value is -1.63. The van der Waals surface area contributed by atoms with E-state index in [1.165, 1.54) is 18.2 Å². The van der Waals surface area contributed by atoms with Crippen LogP contribution >= 0.6 is 11.6 Å². The number of nitrogens with two attached hydrogens (primary N) is 1. The smallest absolute Gasteiger partial charge is 0.337 e. The van der Waals surface area contributed by atoms with Crippen molar-refractivity contribution in [2.24, 2.45) is 5.73 Å². The van der Waals surface area contributed by atoms with E-state index in [9.17, 15) is 9.59 Å². The summed E-state index contributed by atoms with van der Waals surface area (Å²) in [7, 11) is 0. The van der Waals surface area contributed by atoms with Crippen LogP contribution in [-0.4, -0.2) is 35.7 Å². The highest BCUT2D eigenvalue weighted by atomic mass is 35.5. The van der Waals surface area contributed by atoms with Crippen molar-refractivity contribution < 1.29 is 19.4 Å². The first-order valence-electron chi connectivity index (χ1n) is 6.13. The van der Waals surface area contributed by atoms with Crippen molar-refractivity contribution in [1.82, 2.24) is 0 Å². The Bertz CT molecular complexity index is 541. The van der Waals surface area contributed by atoms with Crippen molar-refractivity contribution in [2.75, 3.05) is 18.5 Å². The summed E-state index contributed by atoms with van der Waals surface area (Å²) in [5.74, 6) is -1.44. The van der Waals surface area contributed by atoms with Gasteiger partial charge in [-0.15, -0.1) is 0 Å². The summed E-state index contributed by atoms with van der Waals surface area (Å²) in [5, 5.41) is 11.6. The largest absolute Gasteiger partial charge is 0.478 e. The van der Waals surface area contributed by atoms with Crippen LogP contribution in [-0.2, 0) is 9.53 Å². The van der Waals surface area contributed by atoms with Crippen molar-refractivity contribution in [3.8, 4) is 0 Å². The van der Waals surface area contributed by atoms with Crippen LogP contribution in [0.4, 0.5) is 5.69 Å². The predicted molar refractivity (Wildman–Crippen MR) is 74.0 cm³/mol. The first kappa shape index (κ1) is 14.8. The van der Waals surface area contributed by atoms with E-state index in [0.717, 1.165) is 0 Å². The van der Waals surface area contributed by atoms with E-state index in [1.807, 2.05) is 0 Å². The highest BCUT2D eigenvalue weighted by Gasteiger charge is 2.35. The fourth-order valence-electron chi connectivity index (χ4n) is 1.98. The molecule has 0 aromatic heterocycles. The number of amides is 1. The fourth-order valence-corrected chi connectivity index (χ4v) is 2.25. The predicted octanol–water partition coefficient (Wildman–Crippen LogP) is 1.48. The first-order chi connectivity index (χ1) is 9.42. The zero-order chi connectivity index (χ0) is 14.8. The van der Waals surface area contributed by atoms with Crippen molar-refractivity contribution in [3.05, 3.63) is 28.8 Å². The number of anilines is 1. The quantitative estimate of drug-likeness (QED) is 0.784. The van der Waals surface area contributed by atoms with Gasteiger partial charge in [-0.05, 0) is 31.0 Å². The second kappa shape index (κ2) is 5.78. The van der Waals surface area contributed by atoms with Crippen LogP contribution in [0.15, 0.2) is 18.2 Å². The summed E-state index contributed by atoms with van der Waals surface area (Å²) >= 11 is 5.84. The SMILES string of the molecule is NC1(C(=O)Nc2ccc(C(=O)O)c(Cl)c2)CCOCC1. The molecule has 2 rings (SSSR count). The zero-order valence-electron chi connectivity index (χ0n) is 10.7. The summed E-state index contributed by atoms with van der Waals surface area (Å²) < 4.78 is 5.18. The summed E-state index contributed by atoms with van der Waals surface area (Å²) in [6.07, 6.45) is 0.888. The van der Waals surface area contributed by atoms with E-state index in [2.05, 4.69) is 5.32 Å². The lowest BCUT2D eigenvalue weighted by Gasteiger charge is -2.31. The van der Waals surface area contributed by atoms with Crippen molar-refractivity contribution in [2.45, 2.75) is 18.4 Å². The Labute approximate surface area is 120 Å². The molecule has 1 heterocycles. The molecule has 1 saturated heterocycles. The summed E-state index contributed by atoms with van der Waals surface area (Å²) in [4.78, 5) is 23.0. The fraction of sp³-hybridized carbons (Fsp3) is 0.385. The minimum atomic E-state index is -1.12. The average molecular weight is 299 g/mol. The monoisotopic (exact) mass is 298 g/mol. The molecular weight excluding hydrogens is 284 g/mol. The average Bonchev–Trinajstić information content (AvgIpc) is 2.39. The van der Waals surface area contributed by atoms with E-state index in [4.69, 9.17) is 27.2 Å². The first-order valence-corrected chi connectivity index (χ1v) is 6.51. The molecule has 20 heavy (non-hydrogen) atoms. The number of nitrogens with one attached hydrogen (secondary N) is 1. The Kier molecular flexibility index (Phi) is 4.27. The molecule has 108 valence electrons. The number of hydrogen-bond donors (Lipinski definition) is 3. The van der Waals surface area contributed by atoms with Gasteiger partial charge in [0.2, 0.25) is 5.91 Å². The highest BCUT2D eigenvalue weighted by molar-refractivity contribution is 6.33. The minimum Gasteiger partial charge on any atom is -0.478 e. The van der Waals surface area contributed by atoms with Gasteiger partial charge in [0.15, 0.2) is 0 Å². The molecule has 1 aromatic rings. The molecule has 0 unspecified atom stereocenters. The van der Waals surface area contributed by atoms with Gasteiger partial charge < -0.3 is 20.9 Å². The van der Waals surface area contributed by atoms with Gasteiger partial charge in [0, 0.05) is 18.9 Å². The van der Waals surface area contributed by atoms with Gasteiger partial charge in [-0.25, -0.2) is 4.79 Å². The standard InChI is InChI=1S/C13H15ClN2O4/c14-10-7-8(1-2-9(10)11(17)18)16-12(19)13(15)3-5-20-6-4-13/h1-2,7H,3-6,15H2,(H,16,19)(H,17,18). The molecule has 1 aliphatic heterocycles. The molecule has 1 aromatic carbocycles. The van der Waals surface area contributed by atoms with Crippen molar-refractivity contribution in [1.29, 1.82) is 0 Å². The lowest BCUT2D eigenvalue weighted by atomic mass is 9.90. The van der Waals surface area contributed by atoms with Gasteiger partial charge in [0.05, 0.1) is 10.6 Å². The molecule has 0 aliphatic carbocycles. The van der Waals surface area contributed by atoms with E-state index in [-0.39, 0.29) is 16.5 Å². The Morgan fingerprint density at radius 2 is 2.00 bits per heavy atom. The number of rotatable bonds is 3. The number of ether oxygens (including phenoxy) is 1. The van der Waals surface area contributed by atoms with E-state index < -0.39 is 11.5 Å². The summed E-state index contributed by atoms with van der Waals surface area (Å²) in [5.41, 5.74) is 5.49. The Morgan fingerprint density at radius 3 is 2.55 bits per heavy atom. The van der Waals surface area contributed by atoms with Gasteiger partial charge in [0.25, 0.3) is 0 Å². The second-order valence-corrected chi connectivity index (χ2v) is 5.13. The maximum atomic E-state index is 12.2. The second-order valence-electron chi connectivity index (χ2n) is 4.72. The van der Waals surface area contributed by atoms with Crippen LogP contribution in [0.3, 0.4) is 0 Å². The van der Waals surface area contributed by atoms with Crippen LogP contribution in [0.1, 0.15) is 23.2 Å². The molecule has 1 fully saturated rings. The zero-order valence-corrected chi connectivity index (χ0v) is 11.4. The molecule has 1 amide bonds.